The van der Waals surface area contributed by atoms with Gasteiger partial charge in [0.1, 0.15) is 0 Å². The van der Waals surface area contributed by atoms with Gasteiger partial charge in [0.05, 0.1) is 5.69 Å². The summed E-state index contributed by atoms with van der Waals surface area (Å²) in [5, 5.41) is 0. The molecule has 0 fully saturated rings. The molecular weight excluding hydrogens is 272 g/mol. The number of rotatable bonds is 6. The fourth-order valence-corrected chi connectivity index (χ4v) is 3.94. The number of ether oxygens (including phenoxy) is 1. The van der Waals surface area contributed by atoms with Crippen LogP contribution in [0.15, 0.2) is 4.21 Å². The largest absolute Gasteiger partial charge is 0.385 e. The summed E-state index contributed by atoms with van der Waals surface area (Å²) in [5.41, 5.74) is 0.425. The number of sulfonamides is 1. The Hall–Kier alpha value is -0.210. The van der Waals surface area contributed by atoms with Gasteiger partial charge in [0.2, 0.25) is 0 Å². The van der Waals surface area contributed by atoms with E-state index in [0.717, 1.165) is 11.3 Å². The van der Waals surface area contributed by atoms with E-state index in [1.54, 1.807) is 14.0 Å². The second-order valence-corrected chi connectivity index (χ2v) is 6.63. The van der Waals surface area contributed by atoms with Crippen molar-refractivity contribution < 1.29 is 13.2 Å². The van der Waals surface area contributed by atoms with Crippen molar-refractivity contribution in [2.45, 2.75) is 17.6 Å². The predicted molar refractivity (Wildman–Crippen MR) is 63.5 cm³/mol. The molecule has 0 saturated carbocycles. The molecule has 1 heterocycles. The van der Waals surface area contributed by atoms with Gasteiger partial charge in [0.25, 0.3) is 10.0 Å². The minimum Gasteiger partial charge on any atom is -0.385 e. The number of aryl methyl sites for hydroxylation is 1. The van der Waals surface area contributed by atoms with Crippen molar-refractivity contribution in [3.05, 3.63) is 10.2 Å². The van der Waals surface area contributed by atoms with Crippen LogP contribution in [0.4, 0.5) is 0 Å². The number of hydrogen-bond acceptors (Lipinski definition) is 5. The number of hydrogen-bond donors (Lipinski definition) is 1. The number of halogens is 1. The highest BCUT2D eigenvalue weighted by Crippen LogP contribution is 2.26. The van der Waals surface area contributed by atoms with Crippen molar-refractivity contribution >= 4 is 33.0 Å². The van der Waals surface area contributed by atoms with Crippen LogP contribution in [-0.2, 0) is 14.8 Å². The molecule has 1 aromatic heterocycles. The standard InChI is InChI=1S/C8H13ClN2O3S2/c1-6-7(15-8(9)11-6)16(12,13)10-4-3-5-14-2/h10H,3-5H2,1-2H3. The Labute approximate surface area is 104 Å². The van der Waals surface area contributed by atoms with Crippen LogP contribution in [-0.4, -0.2) is 33.7 Å². The molecular formula is C8H13ClN2O3S2. The zero-order valence-electron chi connectivity index (χ0n) is 8.99. The summed E-state index contributed by atoms with van der Waals surface area (Å²) >= 11 is 6.61. The zero-order chi connectivity index (χ0) is 12.2. The zero-order valence-corrected chi connectivity index (χ0v) is 11.4. The molecule has 0 atom stereocenters. The van der Waals surface area contributed by atoms with Crippen LogP contribution >= 0.6 is 22.9 Å². The second kappa shape index (κ2) is 5.92. The third-order valence-corrected chi connectivity index (χ3v) is 5.12. The van der Waals surface area contributed by atoms with E-state index in [1.807, 2.05) is 0 Å². The Morgan fingerprint density at radius 1 is 1.56 bits per heavy atom. The summed E-state index contributed by atoms with van der Waals surface area (Å²) in [6.07, 6.45) is 0.626. The summed E-state index contributed by atoms with van der Waals surface area (Å²) in [6, 6.07) is 0. The molecule has 92 valence electrons. The van der Waals surface area contributed by atoms with Crippen LogP contribution in [0.2, 0.25) is 4.47 Å². The summed E-state index contributed by atoms with van der Waals surface area (Å²) < 4.78 is 31.3. The highest BCUT2D eigenvalue weighted by molar-refractivity contribution is 7.91. The SMILES string of the molecule is COCCCNS(=O)(=O)c1sc(Cl)nc1C. The van der Waals surface area contributed by atoms with Crippen LogP contribution in [0.3, 0.4) is 0 Å². The van der Waals surface area contributed by atoms with Gasteiger partial charge in [-0.1, -0.05) is 22.9 Å². The first-order chi connectivity index (χ1) is 7.47. The van der Waals surface area contributed by atoms with Crippen molar-refractivity contribution in [1.29, 1.82) is 0 Å². The highest BCUT2D eigenvalue weighted by atomic mass is 35.5. The van der Waals surface area contributed by atoms with Gasteiger partial charge in [-0.25, -0.2) is 18.1 Å². The molecule has 8 heteroatoms. The first-order valence-electron chi connectivity index (χ1n) is 4.59. The molecule has 0 radical (unpaired) electrons. The van der Waals surface area contributed by atoms with E-state index in [4.69, 9.17) is 16.3 Å². The minimum atomic E-state index is -3.48. The average Bonchev–Trinajstić information content (AvgIpc) is 2.53. The van der Waals surface area contributed by atoms with Gasteiger partial charge in [0.15, 0.2) is 8.68 Å². The second-order valence-electron chi connectivity index (χ2n) is 3.08. The molecule has 0 amide bonds. The lowest BCUT2D eigenvalue weighted by atomic mass is 10.5. The Morgan fingerprint density at radius 3 is 2.75 bits per heavy atom. The third kappa shape index (κ3) is 3.67. The van der Waals surface area contributed by atoms with E-state index in [9.17, 15) is 8.42 Å². The Morgan fingerprint density at radius 2 is 2.25 bits per heavy atom. The molecule has 16 heavy (non-hydrogen) atoms. The molecule has 0 aliphatic carbocycles. The van der Waals surface area contributed by atoms with E-state index in [-0.39, 0.29) is 8.68 Å². The highest BCUT2D eigenvalue weighted by Gasteiger charge is 2.20. The summed E-state index contributed by atoms with van der Waals surface area (Å²) in [6.45, 7) is 2.47. The molecule has 1 rings (SSSR count). The number of nitrogens with one attached hydrogen (secondary N) is 1. The van der Waals surface area contributed by atoms with E-state index >= 15 is 0 Å². The molecule has 0 spiro atoms. The maximum absolute atomic E-state index is 11.8. The first-order valence-corrected chi connectivity index (χ1v) is 7.26. The maximum Gasteiger partial charge on any atom is 0.251 e. The van der Waals surface area contributed by atoms with E-state index < -0.39 is 10.0 Å². The lowest BCUT2D eigenvalue weighted by Crippen LogP contribution is -2.25. The molecule has 0 aliphatic rings. The fourth-order valence-electron chi connectivity index (χ4n) is 1.09. The molecule has 0 unspecified atom stereocenters. The van der Waals surface area contributed by atoms with Crippen molar-refractivity contribution in [2.75, 3.05) is 20.3 Å². The number of thiazole rings is 1. The lowest BCUT2D eigenvalue weighted by Gasteiger charge is -2.04. The van der Waals surface area contributed by atoms with Gasteiger partial charge in [-0.15, -0.1) is 0 Å². The monoisotopic (exact) mass is 284 g/mol. The van der Waals surface area contributed by atoms with Gasteiger partial charge < -0.3 is 4.74 Å². The molecule has 0 saturated heterocycles. The van der Waals surface area contributed by atoms with Crippen molar-refractivity contribution in [2.24, 2.45) is 0 Å². The maximum atomic E-state index is 11.8. The number of aromatic nitrogens is 1. The smallest absolute Gasteiger partial charge is 0.251 e. The lowest BCUT2D eigenvalue weighted by molar-refractivity contribution is 0.196. The van der Waals surface area contributed by atoms with Crippen molar-refractivity contribution in [3.8, 4) is 0 Å². The third-order valence-electron chi connectivity index (χ3n) is 1.79. The van der Waals surface area contributed by atoms with Crippen LogP contribution < -0.4 is 4.72 Å². The van der Waals surface area contributed by atoms with Crippen LogP contribution in [0, 0.1) is 6.92 Å². The summed E-state index contributed by atoms with van der Waals surface area (Å²) in [5.74, 6) is 0. The Bertz CT molecular complexity index is 444. The molecule has 5 nitrogen and oxygen atoms in total. The molecule has 0 aliphatic heterocycles. The predicted octanol–water partition coefficient (Wildman–Crippen LogP) is 1.42. The Balaban J connectivity index is 2.67. The van der Waals surface area contributed by atoms with Crippen molar-refractivity contribution in [3.63, 3.8) is 0 Å². The number of nitrogens with zero attached hydrogens (tertiary/aromatic N) is 1. The first kappa shape index (κ1) is 13.9. The van der Waals surface area contributed by atoms with Gasteiger partial charge in [0, 0.05) is 20.3 Å². The Kier molecular flexibility index (Phi) is 5.13. The van der Waals surface area contributed by atoms with Gasteiger partial charge in [-0.2, -0.15) is 0 Å². The molecule has 0 bridgehead atoms. The van der Waals surface area contributed by atoms with Crippen LogP contribution in [0.1, 0.15) is 12.1 Å². The minimum absolute atomic E-state index is 0.176. The normalized spacial score (nSPS) is 11.9. The molecule has 1 N–H and O–H groups in total. The van der Waals surface area contributed by atoms with Gasteiger partial charge in [-0.3, -0.25) is 0 Å². The summed E-state index contributed by atoms with van der Waals surface area (Å²) in [4.78, 5) is 3.86. The number of methoxy groups -OCH3 is 1. The van der Waals surface area contributed by atoms with Gasteiger partial charge >= 0.3 is 0 Å². The van der Waals surface area contributed by atoms with E-state index in [0.29, 0.717) is 25.3 Å². The van der Waals surface area contributed by atoms with Crippen LogP contribution in [0.25, 0.3) is 0 Å². The molecule has 1 aromatic rings. The average molecular weight is 285 g/mol. The van der Waals surface area contributed by atoms with E-state index in [2.05, 4.69) is 9.71 Å². The topological polar surface area (TPSA) is 68.3 Å². The van der Waals surface area contributed by atoms with Gasteiger partial charge in [-0.05, 0) is 13.3 Å². The van der Waals surface area contributed by atoms with Crippen LogP contribution in [0.5, 0.6) is 0 Å². The summed E-state index contributed by atoms with van der Waals surface area (Å²) in [7, 11) is -1.91. The molecule has 0 aromatic carbocycles. The quantitative estimate of drug-likeness (QED) is 0.802. The van der Waals surface area contributed by atoms with E-state index in [1.165, 1.54) is 0 Å². The van der Waals surface area contributed by atoms with Crippen molar-refractivity contribution in [1.82, 2.24) is 9.71 Å². The fraction of sp³-hybridized carbons (Fsp3) is 0.625.